The average molecular weight is 323 g/mol. The molecule has 1 N–H and O–H groups in total. The van der Waals surface area contributed by atoms with Gasteiger partial charge in [0, 0.05) is 17.2 Å². The number of amides is 1. The summed E-state index contributed by atoms with van der Waals surface area (Å²) < 4.78 is 47.7. The molecule has 0 aromatic heterocycles. The standard InChI is InChI=1S/C12H15F2NO3S2/c1-8(7-20(2,17)18)15-12(16)6-19-9-3-4-10(13)11(14)5-9/h3-5,8H,6-7H2,1-2H3,(H,15,16). The molecular weight excluding hydrogens is 308 g/mol. The molecule has 1 aromatic rings. The van der Waals surface area contributed by atoms with E-state index in [0.29, 0.717) is 4.90 Å². The molecule has 1 atom stereocenters. The third kappa shape index (κ3) is 6.33. The van der Waals surface area contributed by atoms with E-state index in [1.165, 1.54) is 6.07 Å². The number of hydrogen-bond acceptors (Lipinski definition) is 4. The minimum Gasteiger partial charge on any atom is -0.352 e. The molecule has 0 bridgehead atoms. The summed E-state index contributed by atoms with van der Waals surface area (Å²) in [6.07, 6.45) is 1.09. The Balaban J connectivity index is 2.45. The van der Waals surface area contributed by atoms with Crippen molar-refractivity contribution in [3.8, 4) is 0 Å². The van der Waals surface area contributed by atoms with Gasteiger partial charge >= 0.3 is 0 Å². The summed E-state index contributed by atoms with van der Waals surface area (Å²) in [4.78, 5) is 12.0. The van der Waals surface area contributed by atoms with E-state index in [2.05, 4.69) is 5.32 Å². The lowest BCUT2D eigenvalue weighted by Gasteiger charge is -2.12. The van der Waals surface area contributed by atoms with E-state index < -0.39 is 27.5 Å². The van der Waals surface area contributed by atoms with Gasteiger partial charge in [-0.15, -0.1) is 11.8 Å². The predicted octanol–water partition coefficient (Wildman–Crippen LogP) is 1.61. The molecule has 1 rings (SSSR count). The number of rotatable bonds is 6. The molecule has 1 unspecified atom stereocenters. The summed E-state index contributed by atoms with van der Waals surface area (Å²) in [6.45, 7) is 1.58. The smallest absolute Gasteiger partial charge is 0.230 e. The average Bonchev–Trinajstić information content (AvgIpc) is 2.28. The Morgan fingerprint density at radius 3 is 2.55 bits per heavy atom. The van der Waals surface area contributed by atoms with Crippen LogP contribution in [0, 0.1) is 11.6 Å². The highest BCUT2D eigenvalue weighted by Gasteiger charge is 2.13. The minimum atomic E-state index is -3.16. The number of hydrogen-bond donors (Lipinski definition) is 1. The fraction of sp³-hybridized carbons (Fsp3) is 0.417. The first kappa shape index (κ1) is 16.9. The highest BCUT2D eigenvalue weighted by atomic mass is 32.2. The van der Waals surface area contributed by atoms with Gasteiger partial charge in [0.15, 0.2) is 11.6 Å². The number of carbonyl (C=O) groups is 1. The van der Waals surface area contributed by atoms with Crippen LogP contribution >= 0.6 is 11.8 Å². The van der Waals surface area contributed by atoms with E-state index in [4.69, 9.17) is 0 Å². The maximum atomic E-state index is 12.9. The van der Waals surface area contributed by atoms with Crippen molar-refractivity contribution in [1.82, 2.24) is 5.32 Å². The van der Waals surface area contributed by atoms with Gasteiger partial charge in [-0.1, -0.05) is 0 Å². The Kier molecular flexibility index (Phi) is 5.94. The molecule has 0 spiro atoms. The highest BCUT2D eigenvalue weighted by Crippen LogP contribution is 2.20. The van der Waals surface area contributed by atoms with Crippen molar-refractivity contribution in [2.24, 2.45) is 0 Å². The van der Waals surface area contributed by atoms with Gasteiger partial charge in [0.1, 0.15) is 9.84 Å². The van der Waals surface area contributed by atoms with Gasteiger partial charge in [0.05, 0.1) is 11.5 Å². The van der Waals surface area contributed by atoms with Crippen LogP contribution in [0.2, 0.25) is 0 Å². The Morgan fingerprint density at radius 1 is 1.35 bits per heavy atom. The lowest BCUT2D eigenvalue weighted by molar-refractivity contribution is -0.119. The normalized spacial score (nSPS) is 13.0. The van der Waals surface area contributed by atoms with Gasteiger partial charge in [-0.25, -0.2) is 17.2 Å². The Hall–Kier alpha value is -1.15. The van der Waals surface area contributed by atoms with Crippen molar-refractivity contribution in [2.75, 3.05) is 17.8 Å². The van der Waals surface area contributed by atoms with Gasteiger partial charge in [0.2, 0.25) is 5.91 Å². The molecule has 1 aromatic carbocycles. The van der Waals surface area contributed by atoms with Crippen LogP contribution in [0.15, 0.2) is 23.1 Å². The first-order valence-electron chi connectivity index (χ1n) is 5.72. The lowest BCUT2D eigenvalue weighted by Crippen LogP contribution is -2.38. The van der Waals surface area contributed by atoms with Crippen molar-refractivity contribution in [2.45, 2.75) is 17.9 Å². The SMILES string of the molecule is CC(CS(C)(=O)=O)NC(=O)CSc1ccc(F)c(F)c1. The monoisotopic (exact) mass is 323 g/mol. The molecule has 0 aliphatic heterocycles. The van der Waals surface area contributed by atoms with E-state index >= 15 is 0 Å². The molecule has 1 amide bonds. The number of halogens is 2. The molecule has 8 heteroatoms. The molecule has 0 saturated carbocycles. The Bertz CT molecular complexity index is 590. The van der Waals surface area contributed by atoms with E-state index in [9.17, 15) is 22.0 Å². The summed E-state index contributed by atoms with van der Waals surface area (Å²) in [5.41, 5.74) is 0. The van der Waals surface area contributed by atoms with E-state index in [0.717, 1.165) is 30.2 Å². The summed E-state index contributed by atoms with van der Waals surface area (Å²) >= 11 is 1.04. The molecule has 0 aliphatic carbocycles. The second kappa shape index (κ2) is 7.03. The van der Waals surface area contributed by atoms with Crippen LogP contribution in [0.5, 0.6) is 0 Å². The zero-order chi connectivity index (χ0) is 15.3. The second-order valence-electron chi connectivity index (χ2n) is 4.43. The summed E-state index contributed by atoms with van der Waals surface area (Å²) in [7, 11) is -3.16. The number of carbonyl (C=O) groups excluding carboxylic acids is 1. The van der Waals surface area contributed by atoms with Gasteiger partial charge in [-0.05, 0) is 25.1 Å². The zero-order valence-electron chi connectivity index (χ0n) is 11.0. The predicted molar refractivity (Wildman–Crippen MR) is 74.4 cm³/mol. The Morgan fingerprint density at radius 2 is 2.00 bits per heavy atom. The van der Waals surface area contributed by atoms with Crippen LogP contribution in [0.25, 0.3) is 0 Å². The fourth-order valence-corrected chi connectivity index (χ4v) is 3.25. The van der Waals surface area contributed by atoms with Gasteiger partial charge in [-0.2, -0.15) is 0 Å². The van der Waals surface area contributed by atoms with Crippen LogP contribution in [0.1, 0.15) is 6.92 Å². The van der Waals surface area contributed by atoms with E-state index in [1.54, 1.807) is 6.92 Å². The third-order valence-electron chi connectivity index (χ3n) is 2.22. The van der Waals surface area contributed by atoms with Crippen molar-refractivity contribution in [3.05, 3.63) is 29.8 Å². The molecule has 0 saturated heterocycles. The summed E-state index contributed by atoms with van der Waals surface area (Å²) in [6, 6.07) is 2.87. The van der Waals surface area contributed by atoms with Crippen molar-refractivity contribution < 1.29 is 22.0 Å². The molecule has 0 fully saturated rings. The van der Waals surface area contributed by atoms with Gasteiger partial charge in [-0.3, -0.25) is 4.79 Å². The maximum Gasteiger partial charge on any atom is 0.230 e. The van der Waals surface area contributed by atoms with Crippen LogP contribution in [0.4, 0.5) is 8.78 Å². The molecule has 112 valence electrons. The molecule has 20 heavy (non-hydrogen) atoms. The summed E-state index contributed by atoms with van der Waals surface area (Å²) in [5.74, 6) is -2.43. The minimum absolute atomic E-state index is 0.000819. The highest BCUT2D eigenvalue weighted by molar-refractivity contribution is 8.00. The van der Waals surface area contributed by atoms with E-state index in [1.807, 2.05) is 0 Å². The molecule has 0 radical (unpaired) electrons. The van der Waals surface area contributed by atoms with Crippen LogP contribution in [0.3, 0.4) is 0 Å². The van der Waals surface area contributed by atoms with Crippen molar-refractivity contribution in [1.29, 1.82) is 0 Å². The number of thioether (sulfide) groups is 1. The van der Waals surface area contributed by atoms with Crippen LogP contribution in [-0.4, -0.2) is 38.1 Å². The first-order chi connectivity index (χ1) is 9.17. The second-order valence-corrected chi connectivity index (χ2v) is 7.66. The lowest BCUT2D eigenvalue weighted by atomic mass is 10.3. The van der Waals surface area contributed by atoms with Crippen molar-refractivity contribution >= 4 is 27.5 Å². The number of sulfone groups is 1. The zero-order valence-corrected chi connectivity index (χ0v) is 12.7. The quantitative estimate of drug-likeness (QED) is 0.808. The maximum absolute atomic E-state index is 12.9. The van der Waals surface area contributed by atoms with Gasteiger partial charge < -0.3 is 5.32 Å². The largest absolute Gasteiger partial charge is 0.352 e. The van der Waals surface area contributed by atoms with Crippen molar-refractivity contribution in [3.63, 3.8) is 0 Å². The fourth-order valence-electron chi connectivity index (χ4n) is 1.53. The molecule has 0 aliphatic rings. The third-order valence-corrected chi connectivity index (χ3v) is 4.32. The molecular formula is C12H15F2NO3S2. The Labute approximate surface area is 120 Å². The summed E-state index contributed by atoms with van der Waals surface area (Å²) in [5, 5.41) is 2.53. The molecule has 0 heterocycles. The number of benzene rings is 1. The van der Waals surface area contributed by atoms with E-state index in [-0.39, 0.29) is 17.4 Å². The molecule has 4 nitrogen and oxygen atoms in total. The van der Waals surface area contributed by atoms with Crippen LogP contribution in [-0.2, 0) is 14.6 Å². The first-order valence-corrected chi connectivity index (χ1v) is 8.77. The number of nitrogens with one attached hydrogen (secondary N) is 1. The van der Waals surface area contributed by atoms with Gasteiger partial charge in [0.25, 0.3) is 0 Å². The van der Waals surface area contributed by atoms with Crippen LogP contribution < -0.4 is 5.32 Å². The topological polar surface area (TPSA) is 63.2 Å².